The zero-order valence-electron chi connectivity index (χ0n) is 25.9. The lowest BCUT2D eigenvalue weighted by atomic mass is 9.83. The zero-order chi connectivity index (χ0) is 30.6. The van der Waals surface area contributed by atoms with Gasteiger partial charge in [0.1, 0.15) is 6.04 Å². The molecule has 2 fully saturated rings. The minimum absolute atomic E-state index is 0.0218. The molecule has 224 valence electrons. The number of amides is 3. The summed E-state index contributed by atoms with van der Waals surface area (Å²) in [6, 6.07) is -1.99. The van der Waals surface area contributed by atoms with Gasteiger partial charge in [-0.2, -0.15) is 0 Å². The van der Waals surface area contributed by atoms with Crippen molar-refractivity contribution in [2.75, 3.05) is 6.54 Å². The maximum Gasteiger partial charge on any atom is 0.315 e. The highest BCUT2D eigenvalue weighted by molar-refractivity contribution is 6.38. The predicted octanol–water partition coefficient (Wildman–Crippen LogP) is 5.02. The van der Waals surface area contributed by atoms with Crippen LogP contribution in [0.15, 0.2) is 25.3 Å². The Morgan fingerprint density at radius 3 is 2.12 bits per heavy atom. The third-order valence-electron chi connectivity index (χ3n) is 8.32. The minimum Gasteiger partial charge on any atom is -0.334 e. The molecule has 3 amide bonds. The molecular weight excluding hydrogens is 506 g/mol. The van der Waals surface area contributed by atoms with Gasteiger partial charge in [0.25, 0.3) is 0 Å². The first-order valence-electron chi connectivity index (χ1n) is 14.6. The largest absolute Gasteiger partial charge is 0.334 e. The van der Waals surface area contributed by atoms with E-state index in [1.165, 1.54) is 0 Å². The first kappa shape index (κ1) is 33.4. The Kier molecular flexibility index (Phi) is 10.7. The van der Waals surface area contributed by atoms with Gasteiger partial charge in [-0.15, -0.1) is 13.2 Å². The molecule has 5 atom stereocenters. The Labute approximate surface area is 240 Å². The fourth-order valence-corrected chi connectivity index (χ4v) is 5.97. The third-order valence-corrected chi connectivity index (χ3v) is 8.32. The van der Waals surface area contributed by atoms with Gasteiger partial charge in [-0.1, -0.05) is 46.8 Å². The quantitative estimate of drug-likeness (QED) is 0.177. The molecule has 1 heterocycles. The Bertz CT molecular complexity index is 1020. The smallest absolute Gasteiger partial charge is 0.315 e. The van der Waals surface area contributed by atoms with Crippen LogP contribution in [0, 0.1) is 28.6 Å². The van der Waals surface area contributed by atoms with E-state index < -0.39 is 46.6 Å². The average Bonchev–Trinajstić information content (AvgIpc) is 3.15. The summed E-state index contributed by atoms with van der Waals surface area (Å²) >= 11 is 0. The molecule has 2 aliphatic rings. The number of ketones is 3. The van der Waals surface area contributed by atoms with Gasteiger partial charge in [-0.05, 0) is 69.1 Å². The van der Waals surface area contributed by atoms with Crippen LogP contribution in [0.5, 0.6) is 0 Å². The van der Waals surface area contributed by atoms with Crippen LogP contribution in [0.3, 0.4) is 0 Å². The van der Waals surface area contributed by atoms with Gasteiger partial charge in [0, 0.05) is 30.8 Å². The molecule has 0 aromatic rings. The van der Waals surface area contributed by atoms with Crippen molar-refractivity contribution in [1.82, 2.24) is 15.5 Å². The topological polar surface area (TPSA) is 113 Å². The van der Waals surface area contributed by atoms with Crippen molar-refractivity contribution in [3.8, 4) is 0 Å². The second kappa shape index (κ2) is 12.8. The number of nitrogens with zero attached hydrogens (tertiary/aromatic N) is 1. The SMILES string of the molecule is C=CCCCC(=O)C(=O)C(CCC=C)CC(=O)[C@@H]1[C@@H]2[C@H](CN1C(=O)[C@@H](NC(=O)NC(C)(C)C)C(C)(C)C)C2(C)C. The molecule has 8 heteroatoms. The molecule has 40 heavy (non-hydrogen) atoms. The number of allylic oxidation sites excluding steroid dienone is 2. The van der Waals surface area contributed by atoms with Crippen molar-refractivity contribution in [2.24, 2.45) is 28.6 Å². The van der Waals surface area contributed by atoms with Crippen LogP contribution in [-0.4, -0.2) is 58.4 Å². The van der Waals surface area contributed by atoms with Crippen molar-refractivity contribution in [2.45, 2.75) is 112 Å². The minimum atomic E-state index is -0.851. The van der Waals surface area contributed by atoms with Crippen molar-refractivity contribution in [1.29, 1.82) is 0 Å². The molecular formula is C32H51N3O5. The summed E-state index contributed by atoms with van der Waals surface area (Å²) < 4.78 is 0. The molecule has 0 aromatic heterocycles. The molecule has 0 radical (unpaired) electrons. The van der Waals surface area contributed by atoms with E-state index >= 15 is 0 Å². The van der Waals surface area contributed by atoms with E-state index in [2.05, 4.69) is 37.6 Å². The highest BCUT2D eigenvalue weighted by atomic mass is 16.2. The number of carbonyl (C=O) groups is 5. The molecule has 1 saturated heterocycles. The second-order valence-corrected chi connectivity index (χ2v) is 14.2. The van der Waals surface area contributed by atoms with Gasteiger partial charge in [0.05, 0.1) is 6.04 Å². The van der Waals surface area contributed by atoms with Crippen LogP contribution in [-0.2, 0) is 19.2 Å². The fraction of sp³-hybridized carbons (Fsp3) is 0.719. The number of hydrogen-bond acceptors (Lipinski definition) is 5. The van der Waals surface area contributed by atoms with E-state index in [0.717, 1.165) is 0 Å². The van der Waals surface area contributed by atoms with E-state index in [4.69, 9.17) is 0 Å². The molecule has 0 spiro atoms. The van der Waals surface area contributed by atoms with Gasteiger partial charge in [0.2, 0.25) is 11.7 Å². The summed E-state index contributed by atoms with van der Waals surface area (Å²) in [5.74, 6) is -2.08. The molecule has 1 saturated carbocycles. The number of hydrogen-bond donors (Lipinski definition) is 2. The molecule has 1 unspecified atom stereocenters. The summed E-state index contributed by atoms with van der Waals surface area (Å²) in [5.41, 5.74) is -1.20. The number of piperidine rings is 1. The molecule has 0 aromatic carbocycles. The highest BCUT2D eigenvalue weighted by Crippen LogP contribution is 2.65. The highest BCUT2D eigenvalue weighted by Gasteiger charge is 2.69. The summed E-state index contributed by atoms with van der Waals surface area (Å²) in [6.07, 6.45) is 5.48. The molecule has 8 nitrogen and oxygen atoms in total. The molecule has 1 aliphatic heterocycles. The predicted molar refractivity (Wildman–Crippen MR) is 158 cm³/mol. The van der Waals surface area contributed by atoms with Crippen molar-refractivity contribution in [3.05, 3.63) is 25.3 Å². The summed E-state index contributed by atoms with van der Waals surface area (Å²) in [7, 11) is 0. The standard InChI is InChI=1S/C32H51N3O5/c1-11-13-15-17-22(36)26(38)20(16-14-12-2)18-23(37)25-24-21(32(24,9)10)19-35(25)28(39)27(30(3,4)5)33-29(40)34-31(6,7)8/h11-12,20-21,24-25,27H,1-2,13-19H2,3-10H3,(H2,33,34,40)/t20?,21-,24-,25+,27+/m0/s1. The van der Waals surface area contributed by atoms with E-state index in [-0.39, 0.29) is 41.8 Å². The van der Waals surface area contributed by atoms with Gasteiger partial charge in [-0.25, -0.2) is 4.79 Å². The second-order valence-electron chi connectivity index (χ2n) is 14.2. The number of nitrogens with one attached hydrogen (secondary N) is 2. The van der Waals surface area contributed by atoms with Crippen LogP contribution in [0.25, 0.3) is 0 Å². The molecule has 0 bridgehead atoms. The van der Waals surface area contributed by atoms with Crippen LogP contribution >= 0.6 is 0 Å². The van der Waals surface area contributed by atoms with Crippen LogP contribution in [0.1, 0.15) is 93.9 Å². The molecule has 1 aliphatic carbocycles. The van der Waals surface area contributed by atoms with E-state index in [0.29, 0.717) is 32.2 Å². The summed E-state index contributed by atoms with van der Waals surface area (Å²) in [5, 5.41) is 5.70. The Balaban J connectivity index is 2.30. The van der Waals surface area contributed by atoms with Gasteiger partial charge < -0.3 is 15.5 Å². The van der Waals surface area contributed by atoms with E-state index in [1.807, 2.05) is 41.5 Å². The van der Waals surface area contributed by atoms with Crippen LogP contribution in [0.4, 0.5) is 4.79 Å². The van der Waals surface area contributed by atoms with Crippen molar-refractivity contribution >= 4 is 29.3 Å². The maximum absolute atomic E-state index is 14.0. The fourth-order valence-electron chi connectivity index (χ4n) is 5.97. The number of Topliss-reactive ketones (excluding diaryl/α,β-unsaturated/α-hetero) is 3. The van der Waals surface area contributed by atoms with Gasteiger partial charge in [0.15, 0.2) is 11.6 Å². The van der Waals surface area contributed by atoms with Crippen molar-refractivity contribution in [3.63, 3.8) is 0 Å². The van der Waals surface area contributed by atoms with E-state index in [1.54, 1.807) is 17.1 Å². The number of urea groups is 1. The van der Waals surface area contributed by atoms with Crippen LogP contribution < -0.4 is 10.6 Å². The van der Waals surface area contributed by atoms with Gasteiger partial charge >= 0.3 is 6.03 Å². The zero-order valence-corrected chi connectivity index (χ0v) is 25.9. The number of unbranched alkanes of at least 4 members (excludes halogenated alkanes) is 1. The van der Waals surface area contributed by atoms with Crippen LogP contribution in [0.2, 0.25) is 0 Å². The van der Waals surface area contributed by atoms with Gasteiger partial charge in [-0.3, -0.25) is 19.2 Å². The number of fused-ring (bicyclic) bond motifs is 1. The normalized spacial score (nSPS) is 22.9. The first-order chi connectivity index (χ1) is 18.4. The lowest BCUT2D eigenvalue weighted by Crippen LogP contribution is -2.60. The third kappa shape index (κ3) is 8.14. The number of carbonyl (C=O) groups excluding carboxylic acids is 5. The van der Waals surface area contributed by atoms with Crippen molar-refractivity contribution < 1.29 is 24.0 Å². The van der Waals surface area contributed by atoms with E-state index in [9.17, 15) is 24.0 Å². The number of rotatable bonds is 14. The Morgan fingerprint density at radius 2 is 1.60 bits per heavy atom. The lowest BCUT2D eigenvalue weighted by Gasteiger charge is -2.38. The number of likely N-dealkylation sites (tertiary alicyclic amines) is 1. The molecule has 2 rings (SSSR count). The monoisotopic (exact) mass is 557 g/mol. The summed E-state index contributed by atoms with van der Waals surface area (Å²) in [4.78, 5) is 68.1. The lowest BCUT2D eigenvalue weighted by molar-refractivity contribution is -0.144. The summed E-state index contributed by atoms with van der Waals surface area (Å²) in [6.45, 7) is 23.2. The molecule has 2 N–H and O–H groups in total. The first-order valence-corrected chi connectivity index (χ1v) is 14.6. The Hall–Kier alpha value is -2.77. The maximum atomic E-state index is 14.0. The Morgan fingerprint density at radius 1 is 1.00 bits per heavy atom. The average molecular weight is 558 g/mol.